The molecule has 8 heteroatoms. The fourth-order valence-corrected chi connectivity index (χ4v) is 2.15. The first-order chi connectivity index (χ1) is 10.4. The van der Waals surface area contributed by atoms with E-state index in [1.165, 1.54) is 4.52 Å². The van der Waals surface area contributed by atoms with Crippen molar-refractivity contribution in [2.75, 3.05) is 0 Å². The van der Waals surface area contributed by atoms with Crippen molar-refractivity contribution in [3.05, 3.63) is 23.3 Å². The second kappa shape index (κ2) is 6.50. The van der Waals surface area contributed by atoms with Crippen molar-refractivity contribution < 1.29 is 14.7 Å². The summed E-state index contributed by atoms with van der Waals surface area (Å²) in [5.74, 6) is -1.42. The normalized spacial score (nSPS) is 12.3. The number of carboxylic acids is 1. The van der Waals surface area contributed by atoms with Crippen molar-refractivity contribution in [1.29, 1.82) is 0 Å². The number of nitrogens with one attached hydrogen (secondary N) is 1. The number of fused-ring (bicyclic) bond motifs is 1. The molecule has 0 unspecified atom stereocenters. The molecule has 0 aliphatic carbocycles. The van der Waals surface area contributed by atoms with Crippen LogP contribution in [0.1, 0.15) is 48.2 Å². The number of hydrogen-bond donors (Lipinski definition) is 2. The molecule has 2 aromatic rings. The maximum Gasteiger partial charge on any atom is 0.326 e. The highest BCUT2D eigenvalue weighted by atomic mass is 16.4. The SMILES string of the molecule is CCCC[C@H](NC(=O)c1nc2nc(C)cc(C)n2n1)C(=O)O. The molecule has 0 saturated heterocycles. The number of carbonyl (C=O) groups is 2. The lowest BCUT2D eigenvalue weighted by atomic mass is 10.1. The van der Waals surface area contributed by atoms with Crippen molar-refractivity contribution in [3.63, 3.8) is 0 Å². The minimum atomic E-state index is -1.06. The zero-order valence-corrected chi connectivity index (χ0v) is 12.8. The molecule has 0 spiro atoms. The number of aryl methyl sites for hydroxylation is 2. The van der Waals surface area contributed by atoms with Crippen LogP contribution in [0.25, 0.3) is 5.78 Å². The van der Waals surface area contributed by atoms with Gasteiger partial charge in [-0.05, 0) is 26.3 Å². The molecule has 118 valence electrons. The highest BCUT2D eigenvalue weighted by Crippen LogP contribution is 2.06. The Hall–Kier alpha value is -2.51. The van der Waals surface area contributed by atoms with Crippen LogP contribution in [-0.2, 0) is 4.79 Å². The maximum atomic E-state index is 12.1. The quantitative estimate of drug-likeness (QED) is 0.827. The molecule has 1 atom stereocenters. The molecule has 0 radical (unpaired) electrons. The van der Waals surface area contributed by atoms with E-state index in [2.05, 4.69) is 20.4 Å². The highest BCUT2D eigenvalue weighted by molar-refractivity contribution is 5.93. The Kier molecular flexibility index (Phi) is 4.69. The third-order valence-electron chi connectivity index (χ3n) is 3.27. The Balaban J connectivity index is 2.21. The zero-order chi connectivity index (χ0) is 16.3. The Morgan fingerprint density at radius 2 is 2.09 bits per heavy atom. The number of hydrogen-bond acceptors (Lipinski definition) is 5. The lowest BCUT2D eigenvalue weighted by Gasteiger charge is -2.12. The van der Waals surface area contributed by atoms with Crippen LogP contribution in [0.2, 0.25) is 0 Å². The van der Waals surface area contributed by atoms with Gasteiger partial charge in [0.05, 0.1) is 0 Å². The van der Waals surface area contributed by atoms with Crippen LogP contribution in [0, 0.1) is 13.8 Å². The summed E-state index contributed by atoms with van der Waals surface area (Å²) in [5.41, 5.74) is 1.57. The summed E-state index contributed by atoms with van der Waals surface area (Å²) in [5, 5.41) is 15.7. The van der Waals surface area contributed by atoms with E-state index >= 15 is 0 Å². The number of aromatic nitrogens is 4. The molecule has 2 rings (SSSR count). The predicted octanol–water partition coefficient (Wildman–Crippen LogP) is 1.11. The van der Waals surface area contributed by atoms with E-state index < -0.39 is 17.9 Å². The maximum absolute atomic E-state index is 12.1. The topological polar surface area (TPSA) is 109 Å². The van der Waals surface area contributed by atoms with Gasteiger partial charge in [0.25, 0.3) is 11.7 Å². The fraction of sp³-hybridized carbons (Fsp3) is 0.500. The van der Waals surface area contributed by atoms with Crippen molar-refractivity contribution in [2.24, 2.45) is 0 Å². The van der Waals surface area contributed by atoms with Gasteiger partial charge in [-0.1, -0.05) is 19.8 Å². The summed E-state index contributed by atoms with van der Waals surface area (Å²) in [6.07, 6.45) is 1.95. The molecule has 0 aliphatic heterocycles. The summed E-state index contributed by atoms with van der Waals surface area (Å²) in [6.45, 7) is 5.62. The molecule has 0 aliphatic rings. The fourth-order valence-electron chi connectivity index (χ4n) is 2.15. The number of carboxylic acid groups (broad SMARTS) is 1. The number of amides is 1. The van der Waals surface area contributed by atoms with Crippen LogP contribution in [0.5, 0.6) is 0 Å². The number of aliphatic carboxylic acids is 1. The molecule has 0 saturated carbocycles. The molecule has 2 aromatic heterocycles. The summed E-state index contributed by atoms with van der Waals surface area (Å²) in [6, 6.07) is 0.889. The van der Waals surface area contributed by atoms with Gasteiger partial charge in [-0.15, -0.1) is 5.10 Å². The second-order valence-electron chi connectivity index (χ2n) is 5.19. The number of carbonyl (C=O) groups excluding carboxylic acids is 1. The molecule has 1 amide bonds. The lowest BCUT2D eigenvalue weighted by Crippen LogP contribution is -2.41. The van der Waals surface area contributed by atoms with Gasteiger partial charge >= 0.3 is 5.97 Å². The minimum Gasteiger partial charge on any atom is -0.480 e. The van der Waals surface area contributed by atoms with Gasteiger partial charge < -0.3 is 10.4 Å². The van der Waals surface area contributed by atoms with E-state index in [1.807, 2.05) is 26.8 Å². The number of rotatable bonds is 6. The van der Waals surface area contributed by atoms with E-state index in [-0.39, 0.29) is 5.82 Å². The average molecular weight is 305 g/mol. The monoisotopic (exact) mass is 305 g/mol. The van der Waals surface area contributed by atoms with Crippen LogP contribution in [-0.4, -0.2) is 42.6 Å². The average Bonchev–Trinajstić information content (AvgIpc) is 2.87. The first kappa shape index (κ1) is 15.9. The third kappa shape index (κ3) is 3.38. The van der Waals surface area contributed by atoms with Gasteiger partial charge in [-0.2, -0.15) is 4.98 Å². The number of nitrogens with zero attached hydrogens (tertiary/aromatic N) is 4. The first-order valence-electron chi connectivity index (χ1n) is 7.17. The van der Waals surface area contributed by atoms with Gasteiger partial charge in [-0.3, -0.25) is 4.79 Å². The van der Waals surface area contributed by atoms with Gasteiger partial charge in [0.1, 0.15) is 6.04 Å². The second-order valence-corrected chi connectivity index (χ2v) is 5.19. The van der Waals surface area contributed by atoms with Crippen molar-refractivity contribution in [2.45, 2.75) is 46.1 Å². The summed E-state index contributed by atoms with van der Waals surface area (Å²) in [7, 11) is 0. The van der Waals surface area contributed by atoms with Crippen LogP contribution in [0.15, 0.2) is 6.07 Å². The van der Waals surface area contributed by atoms with E-state index in [4.69, 9.17) is 5.11 Å². The van der Waals surface area contributed by atoms with Crippen LogP contribution < -0.4 is 5.32 Å². The van der Waals surface area contributed by atoms with Gasteiger partial charge in [-0.25, -0.2) is 14.3 Å². The standard InChI is InChI=1S/C14H19N5O3/c1-4-5-6-10(13(21)22)16-12(20)11-17-14-15-8(2)7-9(3)19(14)18-11/h7,10H,4-6H2,1-3H3,(H,16,20)(H,21,22)/t10-/m0/s1. The Morgan fingerprint density at radius 1 is 1.36 bits per heavy atom. The van der Waals surface area contributed by atoms with E-state index in [9.17, 15) is 9.59 Å². The molecular weight excluding hydrogens is 286 g/mol. The summed E-state index contributed by atoms with van der Waals surface area (Å²) >= 11 is 0. The van der Waals surface area contributed by atoms with Gasteiger partial charge in [0.15, 0.2) is 0 Å². The van der Waals surface area contributed by atoms with E-state index in [1.54, 1.807) is 0 Å². The molecule has 2 heterocycles. The zero-order valence-electron chi connectivity index (χ0n) is 12.8. The first-order valence-corrected chi connectivity index (χ1v) is 7.17. The van der Waals surface area contributed by atoms with Crippen molar-refractivity contribution in [3.8, 4) is 0 Å². The molecule has 8 nitrogen and oxygen atoms in total. The molecule has 2 N–H and O–H groups in total. The third-order valence-corrected chi connectivity index (χ3v) is 3.27. The Bertz CT molecular complexity index is 710. The summed E-state index contributed by atoms with van der Waals surface area (Å²) in [4.78, 5) is 31.6. The Morgan fingerprint density at radius 3 is 2.73 bits per heavy atom. The van der Waals surface area contributed by atoms with E-state index in [0.29, 0.717) is 12.2 Å². The van der Waals surface area contributed by atoms with Gasteiger partial charge in [0, 0.05) is 11.4 Å². The Labute approximate surface area is 127 Å². The van der Waals surface area contributed by atoms with E-state index in [0.717, 1.165) is 24.2 Å². The smallest absolute Gasteiger partial charge is 0.326 e. The molecule has 0 aromatic carbocycles. The van der Waals surface area contributed by atoms with Crippen LogP contribution in [0.4, 0.5) is 0 Å². The van der Waals surface area contributed by atoms with Crippen LogP contribution >= 0.6 is 0 Å². The molecule has 0 fully saturated rings. The summed E-state index contributed by atoms with van der Waals surface area (Å²) < 4.78 is 1.46. The molecular formula is C14H19N5O3. The highest BCUT2D eigenvalue weighted by Gasteiger charge is 2.23. The van der Waals surface area contributed by atoms with Crippen molar-refractivity contribution >= 4 is 17.7 Å². The lowest BCUT2D eigenvalue weighted by molar-refractivity contribution is -0.139. The number of unbranched alkanes of at least 4 members (excludes halogenated alkanes) is 1. The van der Waals surface area contributed by atoms with Gasteiger partial charge in [0.2, 0.25) is 5.82 Å². The largest absolute Gasteiger partial charge is 0.480 e. The van der Waals surface area contributed by atoms with Crippen LogP contribution in [0.3, 0.4) is 0 Å². The molecule has 22 heavy (non-hydrogen) atoms. The molecule has 0 bridgehead atoms. The van der Waals surface area contributed by atoms with Crippen molar-refractivity contribution in [1.82, 2.24) is 24.9 Å². The minimum absolute atomic E-state index is 0.0797. The predicted molar refractivity (Wildman–Crippen MR) is 78.7 cm³/mol.